The quantitative estimate of drug-likeness (QED) is 0.741. The van der Waals surface area contributed by atoms with Crippen LogP contribution in [-0.2, 0) is 6.42 Å². The van der Waals surface area contributed by atoms with Crippen molar-refractivity contribution in [1.82, 2.24) is 10.3 Å². The van der Waals surface area contributed by atoms with Crippen LogP contribution in [0.5, 0.6) is 0 Å². The van der Waals surface area contributed by atoms with Gasteiger partial charge in [0.05, 0.1) is 0 Å². The molecule has 0 spiro atoms. The van der Waals surface area contributed by atoms with Crippen LogP contribution in [0.4, 0.5) is 0 Å². The van der Waals surface area contributed by atoms with Gasteiger partial charge in [0.2, 0.25) is 0 Å². The highest BCUT2D eigenvalue weighted by molar-refractivity contribution is 7.99. The molecule has 0 bridgehead atoms. The molecule has 18 heavy (non-hydrogen) atoms. The van der Waals surface area contributed by atoms with Crippen molar-refractivity contribution < 1.29 is 0 Å². The van der Waals surface area contributed by atoms with E-state index in [-0.39, 0.29) is 0 Å². The molecule has 1 atom stereocenters. The number of rotatable bonds is 9. The lowest BCUT2D eigenvalue weighted by molar-refractivity contribution is 0.549. The number of thioether (sulfide) groups is 1. The summed E-state index contributed by atoms with van der Waals surface area (Å²) in [7, 11) is 0. The van der Waals surface area contributed by atoms with Gasteiger partial charge in [0.25, 0.3) is 0 Å². The first-order valence-electron chi connectivity index (χ1n) is 6.92. The van der Waals surface area contributed by atoms with E-state index >= 15 is 0 Å². The van der Waals surface area contributed by atoms with E-state index in [1.807, 2.05) is 18.5 Å². The van der Waals surface area contributed by atoms with Gasteiger partial charge in [0.15, 0.2) is 0 Å². The maximum absolute atomic E-state index is 4.19. The van der Waals surface area contributed by atoms with Crippen molar-refractivity contribution in [1.29, 1.82) is 0 Å². The smallest absolute Gasteiger partial charge is 0.0300 e. The average molecular weight is 266 g/mol. The fourth-order valence-electron chi connectivity index (χ4n) is 1.79. The lowest BCUT2D eigenvalue weighted by Gasteiger charge is -2.18. The van der Waals surface area contributed by atoms with Crippen molar-refractivity contribution in [2.45, 2.75) is 39.7 Å². The van der Waals surface area contributed by atoms with Gasteiger partial charge in [-0.25, -0.2) is 0 Å². The number of hydrogen-bond donors (Lipinski definition) is 1. The molecule has 1 aromatic rings. The Kier molecular flexibility index (Phi) is 8.10. The second kappa shape index (κ2) is 9.40. The summed E-state index contributed by atoms with van der Waals surface area (Å²) < 4.78 is 0. The van der Waals surface area contributed by atoms with Crippen molar-refractivity contribution in [2.24, 2.45) is 5.92 Å². The number of hydrogen-bond acceptors (Lipinski definition) is 3. The summed E-state index contributed by atoms with van der Waals surface area (Å²) in [6.07, 6.45) is 6.09. The Morgan fingerprint density at radius 3 is 2.78 bits per heavy atom. The third-order valence-electron chi connectivity index (χ3n) is 2.66. The minimum Gasteiger partial charge on any atom is -0.313 e. The third-order valence-corrected chi connectivity index (χ3v) is 4.20. The summed E-state index contributed by atoms with van der Waals surface area (Å²) in [5.74, 6) is 3.21. The Balaban J connectivity index is 2.39. The second-order valence-electron chi connectivity index (χ2n) is 5.15. The average Bonchev–Trinajstić information content (AvgIpc) is 2.36. The van der Waals surface area contributed by atoms with E-state index in [0.29, 0.717) is 6.04 Å². The molecule has 3 heteroatoms. The van der Waals surface area contributed by atoms with E-state index in [2.05, 4.69) is 48.9 Å². The summed E-state index contributed by atoms with van der Waals surface area (Å²) in [6, 6.07) is 4.76. The number of pyridine rings is 1. The summed E-state index contributed by atoms with van der Waals surface area (Å²) >= 11 is 2.06. The van der Waals surface area contributed by atoms with Crippen LogP contribution in [0.15, 0.2) is 24.5 Å². The number of nitrogens with one attached hydrogen (secondary N) is 1. The summed E-state index contributed by atoms with van der Waals surface area (Å²) in [4.78, 5) is 4.19. The van der Waals surface area contributed by atoms with Crippen LogP contribution in [-0.4, -0.2) is 29.1 Å². The Labute approximate surface area is 116 Å². The minimum atomic E-state index is 0.567. The fraction of sp³-hybridized carbons (Fsp3) is 0.667. The SMILES string of the molecule is CCCNC(CSCC(C)C)Cc1cccnc1. The highest BCUT2D eigenvalue weighted by atomic mass is 32.2. The van der Waals surface area contributed by atoms with Crippen molar-refractivity contribution in [3.8, 4) is 0 Å². The molecule has 0 radical (unpaired) electrons. The predicted octanol–water partition coefficient (Wildman–Crippen LogP) is 3.38. The number of nitrogens with zero attached hydrogens (tertiary/aromatic N) is 1. The van der Waals surface area contributed by atoms with Gasteiger partial charge in [-0.1, -0.05) is 26.8 Å². The molecular formula is C15H26N2S. The molecule has 1 unspecified atom stereocenters. The fourth-order valence-corrected chi connectivity index (χ4v) is 2.92. The zero-order valence-corrected chi connectivity index (χ0v) is 12.7. The Morgan fingerprint density at radius 2 is 2.17 bits per heavy atom. The molecule has 0 aromatic carbocycles. The lowest BCUT2D eigenvalue weighted by atomic mass is 10.1. The van der Waals surface area contributed by atoms with Gasteiger partial charge in [-0.2, -0.15) is 11.8 Å². The second-order valence-corrected chi connectivity index (χ2v) is 6.22. The minimum absolute atomic E-state index is 0.567. The van der Waals surface area contributed by atoms with Crippen LogP contribution in [0.25, 0.3) is 0 Å². The Hall–Kier alpha value is -0.540. The molecule has 102 valence electrons. The molecule has 1 aromatic heterocycles. The molecule has 0 amide bonds. The van der Waals surface area contributed by atoms with Gasteiger partial charge in [-0.15, -0.1) is 0 Å². The van der Waals surface area contributed by atoms with Crippen LogP contribution < -0.4 is 5.32 Å². The molecule has 0 saturated heterocycles. The van der Waals surface area contributed by atoms with Gasteiger partial charge in [0, 0.05) is 24.2 Å². The van der Waals surface area contributed by atoms with Crippen LogP contribution in [0, 0.1) is 5.92 Å². The van der Waals surface area contributed by atoms with Gasteiger partial charge in [-0.05, 0) is 42.7 Å². The molecule has 1 heterocycles. The highest BCUT2D eigenvalue weighted by Gasteiger charge is 2.09. The monoisotopic (exact) mass is 266 g/mol. The molecule has 2 nitrogen and oxygen atoms in total. The molecule has 0 aliphatic heterocycles. The molecule has 1 N–H and O–H groups in total. The molecule has 0 fully saturated rings. The summed E-state index contributed by atoms with van der Waals surface area (Å²) in [6.45, 7) is 7.88. The van der Waals surface area contributed by atoms with Crippen LogP contribution in [0.1, 0.15) is 32.8 Å². The largest absolute Gasteiger partial charge is 0.313 e. The zero-order chi connectivity index (χ0) is 13.2. The van der Waals surface area contributed by atoms with E-state index < -0.39 is 0 Å². The van der Waals surface area contributed by atoms with E-state index in [1.165, 1.54) is 23.5 Å². The molecule has 0 aliphatic rings. The van der Waals surface area contributed by atoms with Gasteiger partial charge in [-0.3, -0.25) is 4.98 Å². The van der Waals surface area contributed by atoms with Crippen LogP contribution >= 0.6 is 11.8 Å². The van der Waals surface area contributed by atoms with E-state index in [4.69, 9.17) is 0 Å². The normalized spacial score (nSPS) is 12.9. The van der Waals surface area contributed by atoms with Crippen LogP contribution in [0.3, 0.4) is 0 Å². The topological polar surface area (TPSA) is 24.9 Å². The zero-order valence-electron chi connectivity index (χ0n) is 11.9. The van der Waals surface area contributed by atoms with E-state index in [9.17, 15) is 0 Å². The van der Waals surface area contributed by atoms with Gasteiger partial charge >= 0.3 is 0 Å². The summed E-state index contributed by atoms with van der Waals surface area (Å²) in [5, 5.41) is 3.64. The Bertz CT molecular complexity index is 301. The van der Waals surface area contributed by atoms with Gasteiger partial charge in [0.1, 0.15) is 0 Å². The van der Waals surface area contributed by atoms with Crippen molar-refractivity contribution >= 4 is 11.8 Å². The maximum atomic E-state index is 4.19. The van der Waals surface area contributed by atoms with Gasteiger partial charge < -0.3 is 5.32 Å². The summed E-state index contributed by atoms with van der Waals surface area (Å²) in [5.41, 5.74) is 1.33. The molecule has 0 aliphatic carbocycles. The van der Waals surface area contributed by atoms with E-state index in [0.717, 1.165) is 18.9 Å². The third kappa shape index (κ3) is 7.02. The molecule has 1 rings (SSSR count). The first kappa shape index (κ1) is 15.5. The standard InChI is InChI=1S/C15H26N2S/c1-4-7-17-15(12-18-11-13(2)3)9-14-6-5-8-16-10-14/h5-6,8,10,13,15,17H,4,7,9,11-12H2,1-3H3. The van der Waals surface area contributed by atoms with Crippen molar-refractivity contribution in [2.75, 3.05) is 18.1 Å². The first-order valence-corrected chi connectivity index (χ1v) is 8.07. The first-order chi connectivity index (χ1) is 8.72. The van der Waals surface area contributed by atoms with Crippen LogP contribution in [0.2, 0.25) is 0 Å². The predicted molar refractivity (Wildman–Crippen MR) is 82.2 cm³/mol. The number of aromatic nitrogens is 1. The molecular weight excluding hydrogens is 240 g/mol. The van der Waals surface area contributed by atoms with Crippen molar-refractivity contribution in [3.63, 3.8) is 0 Å². The molecule has 0 saturated carbocycles. The van der Waals surface area contributed by atoms with Crippen molar-refractivity contribution in [3.05, 3.63) is 30.1 Å². The maximum Gasteiger partial charge on any atom is 0.0300 e. The Morgan fingerprint density at radius 1 is 1.33 bits per heavy atom. The lowest BCUT2D eigenvalue weighted by Crippen LogP contribution is -2.34. The highest BCUT2D eigenvalue weighted by Crippen LogP contribution is 2.12. The van der Waals surface area contributed by atoms with E-state index in [1.54, 1.807) is 0 Å².